The molecule has 1 spiro atoms. The fraction of sp³-hybridized carbons (Fsp3) is 0.600. The third kappa shape index (κ3) is 3.30. The maximum atomic E-state index is 12.8. The van der Waals surface area contributed by atoms with Gasteiger partial charge in [0.25, 0.3) is 0 Å². The van der Waals surface area contributed by atoms with Crippen molar-refractivity contribution in [1.29, 1.82) is 0 Å². The zero-order chi connectivity index (χ0) is 18.1. The molecule has 1 saturated carbocycles. The molecule has 2 unspecified atom stereocenters. The van der Waals surface area contributed by atoms with Crippen molar-refractivity contribution in [2.75, 3.05) is 13.1 Å². The van der Waals surface area contributed by atoms with Gasteiger partial charge < -0.3 is 9.73 Å². The van der Waals surface area contributed by atoms with Crippen LogP contribution < -0.4 is 5.32 Å². The third-order valence-corrected chi connectivity index (χ3v) is 6.21. The number of amides is 1. The van der Waals surface area contributed by atoms with Crippen LogP contribution in [0.5, 0.6) is 0 Å². The first-order valence-corrected chi connectivity index (χ1v) is 9.57. The normalized spacial score (nSPS) is 26.0. The van der Waals surface area contributed by atoms with E-state index in [4.69, 9.17) is 4.42 Å². The molecule has 26 heavy (non-hydrogen) atoms. The fourth-order valence-electron chi connectivity index (χ4n) is 4.91. The SMILES string of the molecule is Cc1nn(C)cc1CN1CCC2(CCCC2C(=O)NCc2ccco2)C1. The molecule has 1 saturated heterocycles. The first kappa shape index (κ1) is 17.3. The van der Waals surface area contributed by atoms with Gasteiger partial charge >= 0.3 is 0 Å². The molecule has 4 rings (SSSR count). The van der Waals surface area contributed by atoms with Gasteiger partial charge in [-0.2, -0.15) is 5.10 Å². The van der Waals surface area contributed by atoms with E-state index in [0.29, 0.717) is 6.54 Å². The minimum absolute atomic E-state index is 0.123. The summed E-state index contributed by atoms with van der Waals surface area (Å²) < 4.78 is 7.22. The van der Waals surface area contributed by atoms with Gasteiger partial charge in [0.1, 0.15) is 5.76 Å². The van der Waals surface area contributed by atoms with Gasteiger partial charge in [-0.3, -0.25) is 14.4 Å². The van der Waals surface area contributed by atoms with Crippen LogP contribution in [0, 0.1) is 18.3 Å². The zero-order valence-corrected chi connectivity index (χ0v) is 15.7. The van der Waals surface area contributed by atoms with E-state index in [1.807, 2.05) is 23.9 Å². The molecule has 2 fully saturated rings. The summed E-state index contributed by atoms with van der Waals surface area (Å²) in [5.74, 6) is 1.13. The molecule has 140 valence electrons. The number of likely N-dealkylation sites (tertiary alicyclic amines) is 1. The summed E-state index contributed by atoms with van der Waals surface area (Å²) in [7, 11) is 1.97. The van der Waals surface area contributed by atoms with Crippen LogP contribution in [0.4, 0.5) is 0 Å². The van der Waals surface area contributed by atoms with Crippen molar-refractivity contribution in [1.82, 2.24) is 20.0 Å². The van der Waals surface area contributed by atoms with Crippen molar-refractivity contribution < 1.29 is 9.21 Å². The number of carbonyl (C=O) groups excluding carboxylic acids is 1. The summed E-state index contributed by atoms with van der Waals surface area (Å²) in [5, 5.41) is 7.54. The van der Waals surface area contributed by atoms with Gasteiger partial charge in [-0.25, -0.2) is 0 Å². The molecule has 2 aliphatic rings. The molecular weight excluding hydrogens is 328 g/mol. The second kappa shape index (κ2) is 6.91. The van der Waals surface area contributed by atoms with Gasteiger partial charge in [0, 0.05) is 37.8 Å². The number of carbonyl (C=O) groups is 1. The number of aromatic nitrogens is 2. The van der Waals surface area contributed by atoms with Gasteiger partial charge in [-0.05, 0) is 50.3 Å². The van der Waals surface area contributed by atoms with E-state index in [9.17, 15) is 4.79 Å². The van der Waals surface area contributed by atoms with E-state index >= 15 is 0 Å². The lowest BCUT2D eigenvalue weighted by molar-refractivity contribution is -0.128. The molecule has 0 aromatic carbocycles. The Morgan fingerprint density at radius 2 is 2.35 bits per heavy atom. The van der Waals surface area contributed by atoms with E-state index < -0.39 is 0 Å². The second-order valence-electron chi connectivity index (χ2n) is 7.98. The third-order valence-electron chi connectivity index (χ3n) is 6.21. The number of aryl methyl sites for hydroxylation is 2. The fourth-order valence-corrected chi connectivity index (χ4v) is 4.91. The Labute approximate surface area is 154 Å². The molecular formula is C20H28N4O2. The molecule has 1 aliphatic carbocycles. The Morgan fingerprint density at radius 3 is 3.08 bits per heavy atom. The highest BCUT2D eigenvalue weighted by Crippen LogP contribution is 2.50. The molecule has 6 heteroatoms. The molecule has 2 aromatic heterocycles. The maximum absolute atomic E-state index is 12.8. The predicted molar refractivity (Wildman–Crippen MR) is 98.2 cm³/mol. The topological polar surface area (TPSA) is 63.3 Å². The average molecular weight is 356 g/mol. The van der Waals surface area contributed by atoms with Crippen molar-refractivity contribution >= 4 is 5.91 Å². The number of nitrogens with one attached hydrogen (secondary N) is 1. The Balaban J connectivity index is 1.39. The number of hydrogen-bond donors (Lipinski definition) is 1. The van der Waals surface area contributed by atoms with Crippen molar-refractivity contribution in [2.45, 2.75) is 45.7 Å². The molecule has 1 N–H and O–H groups in total. The maximum Gasteiger partial charge on any atom is 0.224 e. The van der Waals surface area contributed by atoms with Crippen LogP contribution in [0.15, 0.2) is 29.0 Å². The second-order valence-corrected chi connectivity index (χ2v) is 7.98. The minimum atomic E-state index is 0.123. The summed E-state index contributed by atoms with van der Waals surface area (Å²) in [6, 6.07) is 3.76. The van der Waals surface area contributed by atoms with Crippen LogP contribution >= 0.6 is 0 Å². The molecule has 6 nitrogen and oxygen atoms in total. The van der Waals surface area contributed by atoms with Crippen LogP contribution in [0.3, 0.4) is 0 Å². The van der Waals surface area contributed by atoms with Gasteiger partial charge in [0.05, 0.1) is 18.5 Å². The lowest BCUT2D eigenvalue weighted by Crippen LogP contribution is -2.40. The van der Waals surface area contributed by atoms with E-state index in [1.165, 1.54) is 5.56 Å². The highest BCUT2D eigenvalue weighted by atomic mass is 16.3. The molecule has 0 bridgehead atoms. The largest absolute Gasteiger partial charge is 0.467 e. The van der Waals surface area contributed by atoms with Gasteiger partial charge in [-0.1, -0.05) is 6.42 Å². The van der Waals surface area contributed by atoms with E-state index in [-0.39, 0.29) is 17.2 Å². The van der Waals surface area contributed by atoms with Crippen molar-refractivity contribution in [3.8, 4) is 0 Å². The zero-order valence-electron chi connectivity index (χ0n) is 15.7. The smallest absolute Gasteiger partial charge is 0.224 e. The van der Waals surface area contributed by atoms with Crippen LogP contribution in [-0.2, 0) is 24.9 Å². The van der Waals surface area contributed by atoms with Crippen LogP contribution in [-0.4, -0.2) is 33.7 Å². The standard InChI is InChI=1S/C20H28N4O2/c1-15-16(12-23(2)22-15)13-24-9-8-20(14-24)7-3-6-18(20)19(25)21-11-17-5-4-10-26-17/h4-5,10,12,18H,3,6-9,11,13-14H2,1-2H3,(H,21,25). The van der Waals surface area contributed by atoms with Crippen molar-refractivity contribution in [3.05, 3.63) is 41.6 Å². The van der Waals surface area contributed by atoms with E-state index in [1.54, 1.807) is 6.26 Å². The molecule has 1 amide bonds. The van der Waals surface area contributed by atoms with Gasteiger partial charge in [-0.15, -0.1) is 0 Å². The van der Waals surface area contributed by atoms with Gasteiger partial charge in [0.15, 0.2) is 0 Å². The summed E-state index contributed by atoms with van der Waals surface area (Å²) in [6.45, 7) is 5.57. The molecule has 2 aromatic rings. The summed E-state index contributed by atoms with van der Waals surface area (Å²) >= 11 is 0. The van der Waals surface area contributed by atoms with Crippen LogP contribution in [0.25, 0.3) is 0 Å². The highest BCUT2D eigenvalue weighted by Gasteiger charge is 2.50. The van der Waals surface area contributed by atoms with E-state index in [0.717, 1.165) is 56.8 Å². The number of hydrogen-bond acceptors (Lipinski definition) is 4. The first-order chi connectivity index (χ1) is 12.6. The number of nitrogens with zero attached hydrogens (tertiary/aromatic N) is 3. The summed E-state index contributed by atoms with van der Waals surface area (Å²) in [4.78, 5) is 15.3. The van der Waals surface area contributed by atoms with Gasteiger partial charge in [0.2, 0.25) is 5.91 Å². The Hall–Kier alpha value is -2.08. The average Bonchev–Trinajstić information content (AvgIpc) is 3.37. The predicted octanol–water partition coefficient (Wildman–Crippen LogP) is 2.63. The Kier molecular flexibility index (Phi) is 4.61. The lowest BCUT2D eigenvalue weighted by atomic mass is 9.76. The summed E-state index contributed by atoms with van der Waals surface area (Å²) in [5.41, 5.74) is 2.54. The quantitative estimate of drug-likeness (QED) is 0.894. The van der Waals surface area contributed by atoms with Crippen molar-refractivity contribution in [3.63, 3.8) is 0 Å². The minimum Gasteiger partial charge on any atom is -0.467 e. The van der Waals surface area contributed by atoms with Crippen LogP contribution in [0.2, 0.25) is 0 Å². The summed E-state index contributed by atoms with van der Waals surface area (Å²) in [6.07, 6.45) is 8.19. The molecule has 3 heterocycles. The first-order valence-electron chi connectivity index (χ1n) is 9.57. The molecule has 0 radical (unpaired) electrons. The molecule has 2 atom stereocenters. The lowest BCUT2D eigenvalue weighted by Gasteiger charge is -2.30. The number of rotatable bonds is 5. The monoisotopic (exact) mass is 356 g/mol. The highest BCUT2D eigenvalue weighted by molar-refractivity contribution is 5.80. The Morgan fingerprint density at radius 1 is 1.46 bits per heavy atom. The van der Waals surface area contributed by atoms with Crippen LogP contribution in [0.1, 0.15) is 42.7 Å². The Bertz CT molecular complexity index is 767. The molecule has 1 aliphatic heterocycles. The number of furan rings is 1. The van der Waals surface area contributed by atoms with Crippen molar-refractivity contribution in [2.24, 2.45) is 18.4 Å². The van der Waals surface area contributed by atoms with E-state index in [2.05, 4.69) is 28.4 Å².